The Balaban J connectivity index is 1.99. The zero-order chi connectivity index (χ0) is 14.8. The standard InChI is InChI=1S/C15H17N3O3/c19-15-4-2-1-3-13(15)17-12-5-6-14(18(20)21)10-7-8-16-9-11(10)12/h5-9,13,15,17,19H,1-4H2. The number of non-ortho nitro benzene ring substituents is 1. The van der Waals surface area contributed by atoms with Crippen LogP contribution in [0.3, 0.4) is 0 Å². The molecule has 1 aromatic heterocycles. The topological polar surface area (TPSA) is 88.3 Å². The average Bonchev–Trinajstić information content (AvgIpc) is 2.49. The van der Waals surface area contributed by atoms with Crippen molar-refractivity contribution < 1.29 is 10.0 Å². The number of hydrogen-bond acceptors (Lipinski definition) is 5. The van der Waals surface area contributed by atoms with Gasteiger partial charge in [-0.1, -0.05) is 12.8 Å². The summed E-state index contributed by atoms with van der Waals surface area (Å²) >= 11 is 0. The number of aliphatic hydroxyl groups is 1. The number of nitro benzene ring substituents is 1. The summed E-state index contributed by atoms with van der Waals surface area (Å²) < 4.78 is 0. The van der Waals surface area contributed by atoms with Gasteiger partial charge < -0.3 is 10.4 Å². The van der Waals surface area contributed by atoms with Gasteiger partial charge in [0.2, 0.25) is 0 Å². The molecule has 110 valence electrons. The first kappa shape index (κ1) is 13.8. The summed E-state index contributed by atoms with van der Waals surface area (Å²) in [6.07, 6.45) is 6.62. The molecule has 6 nitrogen and oxygen atoms in total. The van der Waals surface area contributed by atoms with Crippen LogP contribution in [0.25, 0.3) is 10.8 Å². The van der Waals surface area contributed by atoms with Crippen molar-refractivity contribution in [2.24, 2.45) is 0 Å². The second kappa shape index (κ2) is 5.65. The van der Waals surface area contributed by atoms with E-state index in [9.17, 15) is 15.2 Å². The molecule has 1 aromatic carbocycles. The van der Waals surface area contributed by atoms with Crippen LogP contribution < -0.4 is 5.32 Å². The molecule has 0 amide bonds. The van der Waals surface area contributed by atoms with E-state index in [0.717, 1.165) is 31.4 Å². The Kier molecular flexibility index (Phi) is 3.70. The lowest BCUT2D eigenvalue weighted by Crippen LogP contribution is -2.36. The van der Waals surface area contributed by atoms with Crippen LogP contribution in [0.4, 0.5) is 11.4 Å². The molecule has 2 N–H and O–H groups in total. The molecule has 1 aliphatic rings. The highest BCUT2D eigenvalue weighted by atomic mass is 16.6. The van der Waals surface area contributed by atoms with Gasteiger partial charge >= 0.3 is 0 Å². The van der Waals surface area contributed by atoms with Gasteiger partial charge in [-0.05, 0) is 25.0 Å². The monoisotopic (exact) mass is 287 g/mol. The fraction of sp³-hybridized carbons (Fsp3) is 0.400. The lowest BCUT2D eigenvalue weighted by Gasteiger charge is -2.29. The van der Waals surface area contributed by atoms with Crippen LogP contribution >= 0.6 is 0 Å². The van der Waals surface area contributed by atoms with E-state index < -0.39 is 0 Å². The summed E-state index contributed by atoms with van der Waals surface area (Å²) in [6, 6.07) is 4.84. The minimum Gasteiger partial charge on any atom is -0.391 e. The fourth-order valence-corrected chi connectivity index (χ4v) is 2.94. The third-order valence-corrected chi connectivity index (χ3v) is 4.06. The molecule has 0 bridgehead atoms. The smallest absolute Gasteiger partial charge is 0.277 e. The molecule has 21 heavy (non-hydrogen) atoms. The van der Waals surface area contributed by atoms with E-state index in [0.29, 0.717) is 10.8 Å². The van der Waals surface area contributed by atoms with Crippen molar-refractivity contribution in [3.63, 3.8) is 0 Å². The van der Waals surface area contributed by atoms with E-state index in [4.69, 9.17) is 0 Å². The molecule has 1 fully saturated rings. The number of fused-ring (bicyclic) bond motifs is 1. The molecule has 1 aliphatic carbocycles. The highest BCUT2D eigenvalue weighted by Gasteiger charge is 2.24. The van der Waals surface area contributed by atoms with Gasteiger partial charge in [-0.25, -0.2) is 0 Å². The van der Waals surface area contributed by atoms with Crippen LogP contribution in [0.1, 0.15) is 25.7 Å². The number of benzene rings is 1. The maximum atomic E-state index is 11.1. The van der Waals surface area contributed by atoms with Crippen LogP contribution in [-0.4, -0.2) is 27.2 Å². The number of anilines is 1. The first-order valence-electron chi connectivity index (χ1n) is 7.12. The fourth-order valence-electron chi connectivity index (χ4n) is 2.94. The predicted molar refractivity (Wildman–Crippen MR) is 80.3 cm³/mol. The van der Waals surface area contributed by atoms with Crippen molar-refractivity contribution in [3.05, 3.63) is 40.7 Å². The van der Waals surface area contributed by atoms with Crippen molar-refractivity contribution in [2.45, 2.75) is 37.8 Å². The lowest BCUT2D eigenvalue weighted by molar-refractivity contribution is -0.383. The number of nitro groups is 1. The quantitative estimate of drug-likeness (QED) is 0.669. The number of pyridine rings is 1. The number of nitrogens with one attached hydrogen (secondary N) is 1. The predicted octanol–water partition coefficient (Wildman–Crippen LogP) is 2.86. The van der Waals surface area contributed by atoms with Crippen molar-refractivity contribution in [1.29, 1.82) is 0 Å². The van der Waals surface area contributed by atoms with Crippen molar-refractivity contribution >= 4 is 22.1 Å². The summed E-state index contributed by atoms with van der Waals surface area (Å²) in [5.41, 5.74) is 0.858. The lowest BCUT2D eigenvalue weighted by atomic mass is 9.92. The van der Waals surface area contributed by atoms with E-state index >= 15 is 0 Å². The zero-order valence-electron chi connectivity index (χ0n) is 11.5. The van der Waals surface area contributed by atoms with Gasteiger partial charge in [0.05, 0.1) is 22.5 Å². The molecule has 0 aliphatic heterocycles. The zero-order valence-corrected chi connectivity index (χ0v) is 11.5. The number of hydrogen-bond donors (Lipinski definition) is 2. The molecule has 3 rings (SSSR count). The Hall–Kier alpha value is -2.21. The highest BCUT2D eigenvalue weighted by molar-refractivity contribution is 5.99. The highest BCUT2D eigenvalue weighted by Crippen LogP contribution is 2.32. The molecular weight excluding hydrogens is 270 g/mol. The normalized spacial score (nSPS) is 22.1. The summed E-state index contributed by atoms with van der Waals surface area (Å²) in [5.74, 6) is 0. The third kappa shape index (κ3) is 2.67. The second-order valence-electron chi connectivity index (χ2n) is 5.41. The summed E-state index contributed by atoms with van der Waals surface area (Å²) in [5, 5.41) is 25.8. The Morgan fingerprint density at radius 3 is 2.81 bits per heavy atom. The van der Waals surface area contributed by atoms with Crippen molar-refractivity contribution in [3.8, 4) is 0 Å². The van der Waals surface area contributed by atoms with Gasteiger partial charge in [0, 0.05) is 29.5 Å². The molecule has 1 heterocycles. The molecule has 0 saturated heterocycles. The summed E-state index contributed by atoms with van der Waals surface area (Å²) in [4.78, 5) is 14.8. The third-order valence-electron chi connectivity index (χ3n) is 4.06. The van der Waals surface area contributed by atoms with E-state index in [1.54, 1.807) is 24.5 Å². The van der Waals surface area contributed by atoms with Crippen molar-refractivity contribution in [1.82, 2.24) is 4.98 Å². The van der Waals surface area contributed by atoms with Gasteiger partial charge in [0.25, 0.3) is 5.69 Å². The molecule has 0 spiro atoms. The molecule has 2 unspecified atom stereocenters. The SMILES string of the molecule is O=[N+]([O-])c1ccc(NC2CCCCC2O)c2cnccc12. The maximum Gasteiger partial charge on any atom is 0.277 e. The number of aliphatic hydroxyl groups excluding tert-OH is 1. The maximum absolute atomic E-state index is 11.1. The van der Waals surface area contributed by atoms with Gasteiger partial charge in [-0.2, -0.15) is 0 Å². The Labute approximate surface area is 122 Å². The molecule has 1 saturated carbocycles. The Bertz CT molecular complexity index is 674. The van der Waals surface area contributed by atoms with Gasteiger partial charge in [0.1, 0.15) is 0 Å². The minimum atomic E-state index is -0.387. The van der Waals surface area contributed by atoms with E-state index in [2.05, 4.69) is 10.3 Å². The van der Waals surface area contributed by atoms with Crippen LogP contribution in [0.5, 0.6) is 0 Å². The van der Waals surface area contributed by atoms with E-state index in [-0.39, 0.29) is 22.8 Å². The number of rotatable bonds is 3. The van der Waals surface area contributed by atoms with Crippen LogP contribution in [0, 0.1) is 10.1 Å². The van der Waals surface area contributed by atoms with Crippen LogP contribution in [0.15, 0.2) is 30.6 Å². The Morgan fingerprint density at radius 2 is 2.05 bits per heavy atom. The molecule has 2 atom stereocenters. The number of nitrogens with zero attached hydrogens (tertiary/aromatic N) is 2. The van der Waals surface area contributed by atoms with Gasteiger partial charge in [-0.15, -0.1) is 0 Å². The second-order valence-corrected chi connectivity index (χ2v) is 5.41. The molecular formula is C15H17N3O3. The molecule has 6 heteroatoms. The van der Waals surface area contributed by atoms with Crippen LogP contribution in [-0.2, 0) is 0 Å². The first-order valence-corrected chi connectivity index (χ1v) is 7.12. The van der Waals surface area contributed by atoms with Crippen molar-refractivity contribution in [2.75, 3.05) is 5.32 Å². The minimum absolute atomic E-state index is 0.0105. The first-order chi connectivity index (χ1) is 10.2. The Morgan fingerprint density at radius 1 is 1.24 bits per heavy atom. The molecule has 0 radical (unpaired) electrons. The largest absolute Gasteiger partial charge is 0.391 e. The van der Waals surface area contributed by atoms with E-state index in [1.807, 2.05) is 0 Å². The molecule has 2 aromatic rings. The average molecular weight is 287 g/mol. The van der Waals surface area contributed by atoms with E-state index in [1.165, 1.54) is 6.07 Å². The summed E-state index contributed by atoms with van der Waals surface area (Å²) in [6.45, 7) is 0. The van der Waals surface area contributed by atoms with Gasteiger partial charge in [-0.3, -0.25) is 15.1 Å². The van der Waals surface area contributed by atoms with Crippen LogP contribution in [0.2, 0.25) is 0 Å². The number of aromatic nitrogens is 1. The van der Waals surface area contributed by atoms with Gasteiger partial charge in [0.15, 0.2) is 0 Å². The summed E-state index contributed by atoms with van der Waals surface area (Å²) in [7, 11) is 0.